The summed E-state index contributed by atoms with van der Waals surface area (Å²) in [5.41, 5.74) is 0. The molecular formula is C13H24N2. The molecule has 1 aliphatic rings. The highest BCUT2D eigenvalue weighted by molar-refractivity contribution is 4.98. The van der Waals surface area contributed by atoms with Gasteiger partial charge in [-0.15, -0.1) is 6.42 Å². The third-order valence-corrected chi connectivity index (χ3v) is 3.27. The van der Waals surface area contributed by atoms with Crippen LogP contribution in [0.1, 0.15) is 32.6 Å². The molecule has 0 aromatic carbocycles. The Kier molecular flexibility index (Phi) is 5.75. The molecule has 2 heteroatoms. The molecule has 86 valence electrons. The van der Waals surface area contributed by atoms with Gasteiger partial charge in [-0.05, 0) is 51.9 Å². The first-order valence-electron chi connectivity index (χ1n) is 6.14. The Labute approximate surface area is 94.4 Å². The largest absolute Gasteiger partial charge is 0.306 e. The molecule has 0 bridgehead atoms. The van der Waals surface area contributed by atoms with Gasteiger partial charge in [-0.2, -0.15) is 0 Å². The molecule has 1 aliphatic heterocycles. The second kappa shape index (κ2) is 6.87. The monoisotopic (exact) mass is 208 g/mol. The van der Waals surface area contributed by atoms with Gasteiger partial charge in [0.2, 0.25) is 0 Å². The van der Waals surface area contributed by atoms with E-state index in [1.807, 2.05) is 0 Å². The van der Waals surface area contributed by atoms with Crippen molar-refractivity contribution >= 4 is 0 Å². The number of nitrogens with zero attached hydrogens (tertiary/aromatic N) is 1. The van der Waals surface area contributed by atoms with Crippen LogP contribution in [0.25, 0.3) is 0 Å². The van der Waals surface area contributed by atoms with Crippen LogP contribution < -0.4 is 5.32 Å². The quantitative estimate of drug-likeness (QED) is 0.692. The van der Waals surface area contributed by atoms with Crippen molar-refractivity contribution in [2.45, 2.75) is 38.6 Å². The van der Waals surface area contributed by atoms with E-state index in [9.17, 15) is 0 Å². The van der Waals surface area contributed by atoms with E-state index in [2.05, 4.69) is 30.1 Å². The maximum atomic E-state index is 5.48. The van der Waals surface area contributed by atoms with Crippen LogP contribution in [0, 0.1) is 18.3 Å². The molecule has 1 saturated heterocycles. The standard InChI is InChI=1S/C13H24N2/c1-4-6-13(5-2)14-11-12-7-9-15(3)10-8-12/h2,12-14H,4,6-11H2,1,3H3. The predicted octanol–water partition coefficient (Wildman–Crippen LogP) is 1.72. The molecule has 0 aliphatic carbocycles. The molecule has 2 nitrogen and oxygen atoms in total. The Morgan fingerprint density at radius 3 is 2.67 bits per heavy atom. The number of terminal acetylenes is 1. The van der Waals surface area contributed by atoms with E-state index in [0.717, 1.165) is 25.3 Å². The van der Waals surface area contributed by atoms with Crippen LogP contribution in [-0.2, 0) is 0 Å². The Morgan fingerprint density at radius 2 is 2.13 bits per heavy atom. The average molecular weight is 208 g/mol. The zero-order valence-corrected chi connectivity index (χ0v) is 10.1. The molecule has 1 atom stereocenters. The molecule has 1 heterocycles. The van der Waals surface area contributed by atoms with E-state index in [0.29, 0.717) is 0 Å². The zero-order valence-electron chi connectivity index (χ0n) is 10.1. The SMILES string of the molecule is C#CC(CCC)NCC1CCN(C)CC1. The van der Waals surface area contributed by atoms with Crippen molar-refractivity contribution in [3.63, 3.8) is 0 Å². The van der Waals surface area contributed by atoms with Crippen LogP contribution in [0.5, 0.6) is 0 Å². The minimum absolute atomic E-state index is 0.287. The molecule has 0 aromatic heterocycles. The highest BCUT2D eigenvalue weighted by Crippen LogP contribution is 2.15. The first kappa shape index (κ1) is 12.5. The van der Waals surface area contributed by atoms with E-state index in [1.165, 1.54) is 25.9 Å². The van der Waals surface area contributed by atoms with Crippen molar-refractivity contribution in [1.29, 1.82) is 0 Å². The number of nitrogens with one attached hydrogen (secondary N) is 1. The number of hydrogen-bond donors (Lipinski definition) is 1. The normalized spacial score (nSPS) is 21.1. The summed E-state index contributed by atoms with van der Waals surface area (Å²) >= 11 is 0. The summed E-state index contributed by atoms with van der Waals surface area (Å²) in [4.78, 5) is 2.40. The summed E-state index contributed by atoms with van der Waals surface area (Å²) in [6.45, 7) is 5.76. The Balaban J connectivity index is 2.16. The van der Waals surface area contributed by atoms with Crippen LogP contribution >= 0.6 is 0 Å². The molecule has 1 fully saturated rings. The predicted molar refractivity (Wildman–Crippen MR) is 65.8 cm³/mol. The topological polar surface area (TPSA) is 15.3 Å². The van der Waals surface area contributed by atoms with E-state index < -0.39 is 0 Å². The minimum atomic E-state index is 0.287. The lowest BCUT2D eigenvalue weighted by Crippen LogP contribution is -2.38. The maximum Gasteiger partial charge on any atom is 0.0686 e. The molecule has 0 amide bonds. The Bertz CT molecular complexity index is 199. The average Bonchev–Trinajstić information content (AvgIpc) is 2.26. The van der Waals surface area contributed by atoms with E-state index >= 15 is 0 Å². The zero-order chi connectivity index (χ0) is 11.1. The van der Waals surface area contributed by atoms with E-state index in [4.69, 9.17) is 6.42 Å². The molecule has 0 radical (unpaired) electrons. The summed E-state index contributed by atoms with van der Waals surface area (Å²) in [6, 6.07) is 0.287. The first-order chi connectivity index (χ1) is 7.26. The van der Waals surface area contributed by atoms with Crippen molar-refractivity contribution in [2.75, 3.05) is 26.7 Å². The van der Waals surface area contributed by atoms with Gasteiger partial charge in [0.1, 0.15) is 0 Å². The Morgan fingerprint density at radius 1 is 1.47 bits per heavy atom. The first-order valence-corrected chi connectivity index (χ1v) is 6.14. The number of likely N-dealkylation sites (tertiary alicyclic amines) is 1. The molecule has 0 spiro atoms. The minimum Gasteiger partial charge on any atom is -0.306 e. The lowest BCUT2D eigenvalue weighted by Gasteiger charge is -2.29. The van der Waals surface area contributed by atoms with Crippen molar-refractivity contribution in [3.8, 4) is 12.3 Å². The molecule has 0 saturated carbocycles. The third kappa shape index (κ3) is 4.68. The van der Waals surface area contributed by atoms with Gasteiger partial charge in [-0.1, -0.05) is 19.3 Å². The summed E-state index contributed by atoms with van der Waals surface area (Å²) in [6.07, 6.45) is 10.4. The summed E-state index contributed by atoms with van der Waals surface area (Å²) < 4.78 is 0. The lowest BCUT2D eigenvalue weighted by atomic mass is 9.96. The maximum absolute atomic E-state index is 5.48. The van der Waals surface area contributed by atoms with Gasteiger partial charge in [0.25, 0.3) is 0 Å². The van der Waals surface area contributed by atoms with Crippen LogP contribution in [-0.4, -0.2) is 37.6 Å². The fraction of sp³-hybridized carbons (Fsp3) is 0.846. The second-order valence-electron chi connectivity index (χ2n) is 4.66. The number of piperidine rings is 1. The second-order valence-corrected chi connectivity index (χ2v) is 4.66. The molecule has 1 rings (SSSR count). The Hall–Kier alpha value is -0.520. The van der Waals surface area contributed by atoms with Crippen LogP contribution in [0.3, 0.4) is 0 Å². The fourth-order valence-electron chi connectivity index (χ4n) is 2.11. The van der Waals surface area contributed by atoms with Crippen LogP contribution in [0.15, 0.2) is 0 Å². The fourth-order valence-corrected chi connectivity index (χ4v) is 2.11. The molecule has 1 unspecified atom stereocenters. The summed E-state index contributed by atoms with van der Waals surface area (Å²) in [5.74, 6) is 3.66. The van der Waals surface area contributed by atoms with Gasteiger partial charge in [-0.3, -0.25) is 0 Å². The highest BCUT2D eigenvalue weighted by atomic mass is 15.1. The van der Waals surface area contributed by atoms with Crippen molar-refractivity contribution in [3.05, 3.63) is 0 Å². The van der Waals surface area contributed by atoms with Crippen LogP contribution in [0.2, 0.25) is 0 Å². The van der Waals surface area contributed by atoms with Crippen molar-refractivity contribution in [1.82, 2.24) is 10.2 Å². The van der Waals surface area contributed by atoms with Gasteiger partial charge < -0.3 is 10.2 Å². The van der Waals surface area contributed by atoms with Crippen molar-refractivity contribution in [2.24, 2.45) is 5.92 Å². The molecule has 0 aromatic rings. The smallest absolute Gasteiger partial charge is 0.0686 e. The lowest BCUT2D eigenvalue weighted by molar-refractivity contribution is 0.214. The van der Waals surface area contributed by atoms with Gasteiger partial charge in [0.15, 0.2) is 0 Å². The van der Waals surface area contributed by atoms with Gasteiger partial charge in [0.05, 0.1) is 6.04 Å². The summed E-state index contributed by atoms with van der Waals surface area (Å²) in [7, 11) is 2.20. The van der Waals surface area contributed by atoms with Gasteiger partial charge >= 0.3 is 0 Å². The van der Waals surface area contributed by atoms with E-state index in [1.54, 1.807) is 0 Å². The number of hydrogen-bond acceptors (Lipinski definition) is 2. The highest BCUT2D eigenvalue weighted by Gasteiger charge is 2.17. The van der Waals surface area contributed by atoms with Gasteiger partial charge in [-0.25, -0.2) is 0 Å². The van der Waals surface area contributed by atoms with Crippen LogP contribution in [0.4, 0.5) is 0 Å². The molecule has 1 N–H and O–H groups in total. The van der Waals surface area contributed by atoms with E-state index in [-0.39, 0.29) is 6.04 Å². The molecule has 15 heavy (non-hydrogen) atoms. The van der Waals surface area contributed by atoms with Crippen molar-refractivity contribution < 1.29 is 0 Å². The number of rotatable bonds is 5. The van der Waals surface area contributed by atoms with Gasteiger partial charge in [0, 0.05) is 0 Å². The third-order valence-electron chi connectivity index (χ3n) is 3.27. The molecular weight excluding hydrogens is 184 g/mol. The summed E-state index contributed by atoms with van der Waals surface area (Å²) in [5, 5.41) is 3.50.